The summed E-state index contributed by atoms with van der Waals surface area (Å²) >= 11 is 1.43. The van der Waals surface area contributed by atoms with E-state index in [4.69, 9.17) is 10.5 Å². The van der Waals surface area contributed by atoms with E-state index < -0.39 is 0 Å². The maximum Gasteiger partial charge on any atom is 0.224 e. The fourth-order valence-electron chi connectivity index (χ4n) is 0.767. The molecule has 0 aliphatic rings. The number of nitrogen functional groups attached to an aromatic ring is 1. The van der Waals surface area contributed by atoms with E-state index in [1.54, 1.807) is 7.11 Å². The summed E-state index contributed by atoms with van der Waals surface area (Å²) in [6, 6.07) is 0. The molecular weight excluding hydrogens is 188 g/mol. The van der Waals surface area contributed by atoms with E-state index >= 15 is 0 Å². The molecule has 5 nitrogen and oxygen atoms in total. The van der Waals surface area contributed by atoms with Crippen LogP contribution in [0, 0.1) is 0 Å². The van der Waals surface area contributed by atoms with Gasteiger partial charge in [0.1, 0.15) is 6.10 Å². The summed E-state index contributed by atoms with van der Waals surface area (Å²) in [7, 11) is 1.60. The minimum atomic E-state index is -0.156. The lowest BCUT2D eigenvalue weighted by molar-refractivity contribution is 0.111. The molecule has 1 rings (SSSR count). The van der Waals surface area contributed by atoms with Crippen LogP contribution in [0.1, 0.15) is 18.9 Å². The predicted octanol–water partition coefficient (Wildman–Crippen LogP) is 0.883. The number of nitrogens with two attached hydrogens (primary N) is 1. The first kappa shape index (κ1) is 10.2. The van der Waals surface area contributed by atoms with Crippen molar-refractivity contribution in [2.75, 3.05) is 19.1 Å². The number of methoxy groups -OCH3 is 1. The molecule has 1 atom stereocenters. The Morgan fingerprint density at radius 2 is 2.08 bits per heavy atom. The summed E-state index contributed by atoms with van der Waals surface area (Å²) in [5.74, 6) is 0.803. The van der Waals surface area contributed by atoms with Gasteiger partial charge < -0.3 is 10.5 Å². The molecule has 1 aromatic heterocycles. The van der Waals surface area contributed by atoms with Crippen molar-refractivity contribution in [3.05, 3.63) is 5.82 Å². The number of hydrogen-bond acceptors (Lipinski definition) is 6. The van der Waals surface area contributed by atoms with Crippen LogP contribution in [-0.2, 0) is 4.74 Å². The topological polar surface area (TPSA) is 73.9 Å². The van der Waals surface area contributed by atoms with Crippen LogP contribution in [0.2, 0.25) is 0 Å². The second-order valence-electron chi connectivity index (χ2n) is 2.42. The van der Waals surface area contributed by atoms with Crippen molar-refractivity contribution in [1.29, 1.82) is 0 Å². The van der Waals surface area contributed by atoms with Crippen molar-refractivity contribution in [1.82, 2.24) is 15.0 Å². The lowest BCUT2D eigenvalue weighted by Crippen LogP contribution is -2.08. The number of anilines is 1. The molecule has 0 aromatic carbocycles. The monoisotopic (exact) mass is 200 g/mol. The number of ether oxygens (including phenoxy) is 1. The van der Waals surface area contributed by atoms with Gasteiger partial charge in [0.05, 0.1) is 0 Å². The molecule has 13 heavy (non-hydrogen) atoms. The molecule has 6 heteroatoms. The summed E-state index contributed by atoms with van der Waals surface area (Å²) in [5.41, 5.74) is 5.50. The molecule has 0 amide bonds. The summed E-state index contributed by atoms with van der Waals surface area (Å²) in [4.78, 5) is 12.1. The van der Waals surface area contributed by atoms with Crippen LogP contribution in [0.5, 0.6) is 0 Å². The standard InChI is InChI=1S/C7H12N4OS/c1-4(12-2)5-9-6(8)11-7(10-5)13-3/h4H,1-3H3,(H2,8,9,10,11). The van der Waals surface area contributed by atoms with Crippen molar-refractivity contribution in [3.8, 4) is 0 Å². The van der Waals surface area contributed by atoms with Crippen molar-refractivity contribution >= 4 is 17.7 Å². The van der Waals surface area contributed by atoms with E-state index in [0.717, 1.165) is 0 Å². The first-order valence-corrected chi connectivity index (χ1v) is 4.98. The van der Waals surface area contributed by atoms with Gasteiger partial charge in [0.25, 0.3) is 0 Å². The predicted molar refractivity (Wildman–Crippen MR) is 51.4 cm³/mol. The Labute approximate surface area is 81.1 Å². The average molecular weight is 200 g/mol. The van der Waals surface area contributed by atoms with Gasteiger partial charge >= 0.3 is 0 Å². The third kappa shape index (κ3) is 2.53. The highest BCUT2D eigenvalue weighted by Gasteiger charge is 2.10. The molecule has 0 aliphatic heterocycles. The Morgan fingerprint density at radius 3 is 2.62 bits per heavy atom. The highest BCUT2D eigenvalue weighted by atomic mass is 32.2. The number of rotatable bonds is 3. The Kier molecular flexibility index (Phi) is 3.44. The number of hydrogen-bond donors (Lipinski definition) is 1. The molecule has 0 saturated heterocycles. The Hall–Kier alpha value is -0.880. The van der Waals surface area contributed by atoms with E-state index in [-0.39, 0.29) is 12.1 Å². The molecule has 0 spiro atoms. The van der Waals surface area contributed by atoms with Gasteiger partial charge in [0.15, 0.2) is 11.0 Å². The molecule has 1 heterocycles. The zero-order valence-corrected chi connectivity index (χ0v) is 8.63. The van der Waals surface area contributed by atoms with Crippen molar-refractivity contribution < 1.29 is 4.74 Å². The van der Waals surface area contributed by atoms with Crippen LogP contribution in [0.15, 0.2) is 5.16 Å². The molecule has 0 radical (unpaired) electrons. The molecule has 1 aromatic rings. The summed E-state index contributed by atoms with van der Waals surface area (Å²) in [5, 5.41) is 0.617. The van der Waals surface area contributed by atoms with E-state index in [1.807, 2.05) is 13.2 Å². The average Bonchev–Trinajstić information content (AvgIpc) is 2.15. The second-order valence-corrected chi connectivity index (χ2v) is 3.19. The summed E-state index contributed by atoms with van der Waals surface area (Å²) in [6.07, 6.45) is 1.73. The molecule has 72 valence electrons. The van der Waals surface area contributed by atoms with E-state index in [9.17, 15) is 0 Å². The van der Waals surface area contributed by atoms with Gasteiger partial charge in [-0.3, -0.25) is 0 Å². The minimum Gasteiger partial charge on any atom is -0.374 e. The molecule has 0 aliphatic carbocycles. The summed E-state index contributed by atoms with van der Waals surface area (Å²) < 4.78 is 5.07. The maximum absolute atomic E-state index is 5.50. The minimum absolute atomic E-state index is 0.156. The number of thioether (sulfide) groups is 1. The van der Waals surface area contributed by atoms with Gasteiger partial charge in [0.2, 0.25) is 5.95 Å². The van der Waals surface area contributed by atoms with E-state index in [1.165, 1.54) is 11.8 Å². The van der Waals surface area contributed by atoms with E-state index in [0.29, 0.717) is 11.0 Å². The van der Waals surface area contributed by atoms with Crippen LogP contribution in [0.3, 0.4) is 0 Å². The SMILES string of the molecule is COC(C)c1nc(N)nc(SC)n1. The fourth-order valence-corrected chi connectivity index (χ4v) is 1.14. The van der Waals surface area contributed by atoms with Gasteiger partial charge in [-0.05, 0) is 13.2 Å². The number of nitrogens with zero attached hydrogens (tertiary/aromatic N) is 3. The zero-order chi connectivity index (χ0) is 9.84. The van der Waals surface area contributed by atoms with Gasteiger partial charge in [-0.2, -0.15) is 9.97 Å². The first-order chi connectivity index (χ1) is 6.17. The van der Waals surface area contributed by atoms with Crippen LogP contribution in [0.25, 0.3) is 0 Å². The second kappa shape index (κ2) is 4.38. The molecule has 0 saturated carbocycles. The smallest absolute Gasteiger partial charge is 0.224 e. The van der Waals surface area contributed by atoms with Crippen molar-refractivity contribution in [2.24, 2.45) is 0 Å². The maximum atomic E-state index is 5.50. The molecule has 2 N–H and O–H groups in total. The normalized spacial score (nSPS) is 12.8. The third-order valence-corrected chi connectivity index (χ3v) is 2.10. The van der Waals surface area contributed by atoms with Crippen molar-refractivity contribution in [3.63, 3.8) is 0 Å². The Bertz CT molecular complexity index is 294. The highest BCUT2D eigenvalue weighted by Crippen LogP contribution is 2.15. The third-order valence-electron chi connectivity index (χ3n) is 1.55. The largest absolute Gasteiger partial charge is 0.374 e. The molecule has 1 unspecified atom stereocenters. The Balaban J connectivity index is 3.01. The molecule has 0 fully saturated rings. The highest BCUT2D eigenvalue weighted by molar-refractivity contribution is 7.98. The zero-order valence-electron chi connectivity index (χ0n) is 7.81. The first-order valence-electron chi connectivity index (χ1n) is 3.75. The van der Waals surface area contributed by atoms with Crippen LogP contribution in [-0.4, -0.2) is 28.3 Å². The molecular formula is C7H12N4OS. The quantitative estimate of drug-likeness (QED) is 0.730. The van der Waals surface area contributed by atoms with Gasteiger partial charge in [0, 0.05) is 7.11 Å². The van der Waals surface area contributed by atoms with Gasteiger partial charge in [-0.25, -0.2) is 4.98 Å². The Morgan fingerprint density at radius 1 is 1.38 bits per heavy atom. The van der Waals surface area contributed by atoms with Crippen LogP contribution in [0.4, 0.5) is 5.95 Å². The lowest BCUT2D eigenvalue weighted by Gasteiger charge is -2.08. The lowest BCUT2D eigenvalue weighted by atomic mass is 10.4. The van der Waals surface area contributed by atoms with Crippen LogP contribution < -0.4 is 5.73 Å². The van der Waals surface area contributed by atoms with Crippen LogP contribution >= 0.6 is 11.8 Å². The van der Waals surface area contributed by atoms with Gasteiger partial charge in [-0.1, -0.05) is 11.8 Å². The van der Waals surface area contributed by atoms with Gasteiger partial charge in [-0.15, -0.1) is 0 Å². The van der Waals surface area contributed by atoms with Crippen molar-refractivity contribution in [2.45, 2.75) is 18.2 Å². The van der Waals surface area contributed by atoms with E-state index in [2.05, 4.69) is 15.0 Å². The molecule has 0 bridgehead atoms. The number of aromatic nitrogens is 3. The summed E-state index contributed by atoms with van der Waals surface area (Å²) in [6.45, 7) is 1.86. The fraction of sp³-hybridized carbons (Fsp3) is 0.571.